The van der Waals surface area contributed by atoms with Crippen molar-refractivity contribution in [3.05, 3.63) is 23.7 Å². The van der Waals surface area contributed by atoms with Gasteiger partial charge >= 0.3 is 0 Å². The molecule has 1 aromatic rings. The van der Waals surface area contributed by atoms with E-state index in [-0.39, 0.29) is 11.9 Å². The van der Waals surface area contributed by atoms with Gasteiger partial charge in [-0.2, -0.15) is 0 Å². The summed E-state index contributed by atoms with van der Waals surface area (Å²) in [6.07, 6.45) is 1.40. The highest BCUT2D eigenvalue weighted by molar-refractivity contribution is 5.75. The molecule has 0 aliphatic carbocycles. The van der Waals surface area contributed by atoms with Crippen LogP contribution in [0, 0.1) is 6.92 Å². The van der Waals surface area contributed by atoms with Crippen LogP contribution >= 0.6 is 0 Å². The average Bonchev–Trinajstić information content (AvgIpc) is 2.70. The summed E-state index contributed by atoms with van der Waals surface area (Å²) in [6, 6.07) is 4.13. The highest BCUT2D eigenvalue weighted by Gasteiger charge is 2.08. The monoisotopic (exact) mass is 224 g/mol. The predicted octanol–water partition coefficient (Wildman–Crippen LogP) is 1.76. The lowest BCUT2D eigenvalue weighted by molar-refractivity contribution is -0.120. The Labute approximate surface area is 96.4 Å². The lowest BCUT2D eigenvalue weighted by Crippen LogP contribution is -2.22. The van der Waals surface area contributed by atoms with Gasteiger partial charge in [-0.05, 0) is 38.9 Å². The average molecular weight is 224 g/mol. The van der Waals surface area contributed by atoms with Crippen LogP contribution in [0.25, 0.3) is 0 Å². The molecule has 0 aliphatic heterocycles. The highest BCUT2D eigenvalue weighted by Crippen LogP contribution is 2.15. The number of furan rings is 1. The van der Waals surface area contributed by atoms with E-state index in [1.807, 2.05) is 19.1 Å². The number of hydrogen-bond donors (Lipinski definition) is 2. The summed E-state index contributed by atoms with van der Waals surface area (Å²) in [5, 5.41) is 5.92. The van der Waals surface area contributed by atoms with Crippen LogP contribution in [0.1, 0.15) is 37.3 Å². The fourth-order valence-electron chi connectivity index (χ4n) is 1.48. The quantitative estimate of drug-likeness (QED) is 0.724. The highest BCUT2D eigenvalue weighted by atomic mass is 16.3. The van der Waals surface area contributed by atoms with Gasteiger partial charge in [0.2, 0.25) is 5.91 Å². The number of carbonyl (C=O) groups is 1. The molecule has 4 nitrogen and oxygen atoms in total. The molecule has 16 heavy (non-hydrogen) atoms. The molecule has 1 heterocycles. The third-order valence-corrected chi connectivity index (χ3v) is 2.50. The van der Waals surface area contributed by atoms with E-state index in [0.717, 1.165) is 24.5 Å². The third kappa shape index (κ3) is 4.06. The van der Waals surface area contributed by atoms with E-state index in [1.54, 1.807) is 7.05 Å². The molecule has 1 unspecified atom stereocenters. The van der Waals surface area contributed by atoms with Crippen molar-refractivity contribution in [3.63, 3.8) is 0 Å². The summed E-state index contributed by atoms with van der Waals surface area (Å²) < 4.78 is 5.50. The molecular weight excluding hydrogens is 204 g/mol. The SMILES string of the molecule is CNC(=O)CCCNC(C)c1ccc(C)o1. The molecule has 0 aromatic carbocycles. The minimum atomic E-state index is 0.0864. The van der Waals surface area contributed by atoms with Gasteiger partial charge in [0.25, 0.3) is 0 Å². The molecule has 1 rings (SSSR count). The van der Waals surface area contributed by atoms with Crippen molar-refractivity contribution >= 4 is 5.91 Å². The van der Waals surface area contributed by atoms with Gasteiger partial charge in [0.1, 0.15) is 11.5 Å². The summed E-state index contributed by atoms with van der Waals surface area (Å²) >= 11 is 0. The zero-order chi connectivity index (χ0) is 12.0. The maximum absolute atomic E-state index is 11.0. The smallest absolute Gasteiger partial charge is 0.219 e. The van der Waals surface area contributed by atoms with Crippen LogP contribution in [-0.4, -0.2) is 19.5 Å². The van der Waals surface area contributed by atoms with E-state index >= 15 is 0 Å². The Bertz CT molecular complexity index is 334. The molecule has 1 aromatic heterocycles. The molecule has 0 bridgehead atoms. The van der Waals surface area contributed by atoms with Gasteiger partial charge in [-0.25, -0.2) is 0 Å². The standard InChI is InChI=1S/C12H20N2O2/c1-9-6-7-11(16-9)10(2)14-8-4-5-12(15)13-3/h6-7,10,14H,4-5,8H2,1-3H3,(H,13,15). The summed E-state index contributed by atoms with van der Waals surface area (Å²) in [7, 11) is 1.66. The predicted molar refractivity (Wildman–Crippen MR) is 63.2 cm³/mol. The van der Waals surface area contributed by atoms with E-state index in [9.17, 15) is 4.79 Å². The first-order chi connectivity index (χ1) is 7.63. The van der Waals surface area contributed by atoms with Gasteiger partial charge in [0, 0.05) is 13.5 Å². The van der Waals surface area contributed by atoms with Crippen molar-refractivity contribution in [2.24, 2.45) is 0 Å². The molecule has 0 spiro atoms. The van der Waals surface area contributed by atoms with E-state index in [1.165, 1.54) is 0 Å². The van der Waals surface area contributed by atoms with Crippen LogP contribution in [-0.2, 0) is 4.79 Å². The fraction of sp³-hybridized carbons (Fsp3) is 0.583. The second-order valence-electron chi connectivity index (χ2n) is 3.90. The Balaban J connectivity index is 2.20. The second kappa shape index (κ2) is 6.33. The zero-order valence-corrected chi connectivity index (χ0v) is 10.2. The van der Waals surface area contributed by atoms with Gasteiger partial charge < -0.3 is 15.1 Å². The van der Waals surface area contributed by atoms with E-state index in [2.05, 4.69) is 17.6 Å². The maximum atomic E-state index is 11.0. The molecule has 0 radical (unpaired) electrons. The molecule has 1 atom stereocenters. The van der Waals surface area contributed by atoms with Crippen LogP contribution in [0.3, 0.4) is 0 Å². The normalized spacial score (nSPS) is 12.4. The van der Waals surface area contributed by atoms with E-state index in [4.69, 9.17) is 4.42 Å². The van der Waals surface area contributed by atoms with Gasteiger partial charge in [-0.15, -0.1) is 0 Å². The Kier molecular flexibility index (Phi) is 5.05. The summed E-state index contributed by atoms with van der Waals surface area (Å²) in [5.41, 5.74) is 0. The number of rotatable bonds is 6. The van der Waals surface area contributed by atoms with Crippen molar-refractivity contribution in [2.75, 3.05) is 13.6 Å². The largest absolute Gasteiger partial charge is 0.465 e. The van der Waals surface area contributed by atoms with Crippen LogP contribution in [0.15, 0.2) is 16.5 Å². The zero-order valence-electron chi connectivity index (χ0n) is 10.2. The molecule has 2 N–H and O–H groups in total. The number of amides is 1. The molecule has 0 fully saturated rings. The first kappa shape index (κ1) is 12.8. The van der Waals surface area contributed by atoms with Gasteiger partial charge in [0.15, 0.2) is 0 Å². The van der Waals surface area contributed by atoms with Gasteiger partial charge in [0.05, 0.1) is 6.04 Å². The van der Waals surface area contributed by atoms with Gasteiger partial charge in [-0.3, -0.25) is 4.79 Å². The van der Waals surface area contributed by atoms with Crippen LogP contribution in [0.5, 0.6) is 0 Å². The Hall–Kier alpha value is -1.29. The molecule has 0 saturated heterocycles. The Morgan fingerprint density at radius 3 is 2.81 bits per heavy atom. The third-order valence-electron chi connectivity index (χ3n) is 2.50. The summed E-state index contributed by atoms with van der Waals surface area (Å²) in [5.74, 6) is 1.95. The molecule has 90 valence electrons. The Morgan fingerprint density at radius 1 is 1.50 bits per heavy atom. The minimum Gasteiger partial charge on any atom is -0.465 e. The molecule has 0 aliphatic rings. The lowest BCUT2D eigenvalue weighted by atomic mass is 10.2. The second-order valence-corrected chi connectivity index (χ2v) is 3.90. The van der Waals surface area contributed by atoms with Crippen molar-refractivity contribution in [1.82, 2.24) is 10.6 Å². The number of hydrogen-bond acceptors (Lipinski definition) is 3. The topological polar surface area (TPSA) is 54.3 Å². The number of aryl methyl sites for hydroxylation is 1. The van der Waals surface area contributed by atoms with Crippen molar-refractivity contribution in [1.29, 1.82) is 0 Å². The fourth-order valence-corrected chi connectivity index (χ4v) is 1.48. The number of carbonyl (C=O) groups excluding carboxylic acids is 1. The van der Waals surface area contributed by atoms with Crippen LogP contribution < -0.4 is 10.6 Å². The summed E-state index contributed by atoms with van der Waals surface area (Å²) in [6.45, 7) is 4.80. The number of nitrogens with one attached hydrogen (secondary N) is 2. The molecule has 1 amide bonds. The maximum Gasteiger partial charge on any atom is 0.219 e. The van der Waals surface area contributed by atoms with Crippen LogP contribution in [0.2, 0.25) is 0 Å². The molecular formula is C12H20N2O2. The first-order valence-corrected chi connectivity index (χ1v) is 5.63. The summed E-state index contributed by atoms with van der Waals surface area (Å²) in [4.78, 5) is 11.0. The molecule has 0 saturated carbocycles. The van der Waals surface area contributed by atoms with Gasteiger partial charge in [-0.1, -0.05) is 0 Å². The van der Waals surface area contributed by atoms with Crippen molar-refractivity contribution < 1.29 is 9.21 Å². The van der Waals surface area contributed by atoms with Crippen molar-refractivity contribution in [2.45, 2.75) is 32.7 Å². The minimum absolute atomic E-state index is 0.0864. The van der Waals surface area contributed by atoms with Crippen LogP contribution in [0.4, 0.5) is 0 Å². The van der Waals surface area contributed by atoms with E-state index in [0.29, 0.717) is 6.42 Å². The Morgan fingerprint density at radius 2 is 2.25 bits per heavy atom. The molecule has 4 heteroatoms. The van der Waals surface area contributed by atoms with E-state index < -0.39 is 0 Å². The first-order valence-electron chi connectivity index (χ1n) is 5.63. The lowest BCUT2D eigenvalue weighted by Gasteiger charge is -2.10. The van der Waals surface area contributed by atoms with Crippen molar-refractivity contribution in [3.8, 4) is 0 Å².